The van der Waals surface area contributed by atoms with Gasteiger partial charge >= 0.3 is 0 Å². The zero-order valence-electron chi connectivity index (χ0n) is 10.7. The van der Waals surface area contributed by atoms with E-state index in [1.165, 1.54) is 0 Å². The highest BCUT2D eigenvalue weighted by atomic mass is 32.2. The number of benzene rings is 1. The van der Waals surface area contributed by atoms with E-state index in [0.717, 1.165) is 28.2 Å². The predicted molar refractivity (Wildman–Crippen MR) is 79.3 cm³/mol. The van der Waals surface area contributed by atoms with Gasteiger partial charge in [-0.1, -0.05) is 6.07 Å². The second-order valence-electron chi connectivity index (χ2n) is 4.05. The number of likely N-dealkylation sites (N-methyl/N-ethyl adjacent to an activating group) is 1. The number of amides is 1. The van der Waals surface area contributed by atoms with Gasteiger partial charge in [0.15, 0.2) is 5.62 Å². The van der Waals surface area contributed by atoms with Crippen LogP contribution < -0.4 is 5.32 Å². The van der Waals surface area contributed by atoms with Crippen LogP contribution in [0.25, 0.3) is 17.0 Å². The van der Waals surface area contributed by atoms with Gasteiger partial charge in [-0.2, -0.15) is 0 Å². The van der Waals surface area contributed by atoms with Gasteiger partial charge in [-0.3, -0.25) is 9.59 Å². The molecule has 0 spiro atoms. The third-order valence-electron chi connectivity index (χ3n) is 2.83. The molecule has 2 aromatic rings. The van der Waals surface area contributed by atoms with Gasteiger partial charge in [-0.05, 0) is 41.6 Å². The molecule has 1 N–H and O–H groups in total. The van der Waals surface area contributed by atoms with E-state index in [1.54, 1.807) is 13.1 Å². The quantitative estimate of drug-likeness (QED) is 0.687. The molecule has 1 aromatic heterocycles. The molecule has 98 valence electrons. The van der Waals surface area contributed by atoms with Crippen molar-refractivity contribution in [2.75, 3.05) is 7.05 Å². The molecule has 1 amide bonds. The first-order valence-electron chi connectivity index (χ1n) is 5.75. The van der Waals surface area contributed by atoms with E-state index in [0.29, 0.717) is 10.5 Å². The minimum Gasteiger partial charge on any atom is -0.355 e. The fourth-order valence-corrected chi connectivity index (χ4v) is 2.39. The van der Waals surface area contributed by atoms with Gasteiger partial charge in [0.2, 0.25) is 0 Å². The van der Waals surface area contributed by atoms with Crippen LogP contribution in [0.4, 0.5) is 0 Å². The number of nitrogens with one attached hydrogen (secondary N) is 1. The Bertz CT molecular complexity index is 659. The van der Waals surface area contributed by atoms with Crippen LogP contribution in [-0.4, -0.2) is 23.1 Å². The number of carbonyl (C=O) groups excluding carboxylic acids is 2. The third kappa shape index (κ3) is 2.88. The van der Waals surface area contributed by atoms with Crippen LogP contribution in [-0.2, 0) is 16.6 Å². The highest BCUT2D eigenvalue weighted by molar-refractivity contribution is 8.16. The summed E-state index contributed by atoms with van der Waals surface area (Å²) >= 11 is 0.878. The highest BCUT2D eigenvalue weighted by Crippen LogP contribution is 2.21. The van der Waals surface area contributed by atoms with Crippen molar-refractivity contribution in [1.82, 2.24) is 9.88 Å². The third-order valence-corrected chi connectivity index (χ3v) is 3.49. The summed E-state index contributed by atoms with van der Waals surface area (Å²) in [5, 5.41) is 3.62. The monoisotopic (exact) mass is 274 g/mol. The Kier molecular flexibility index (Phi) is 4.06. The lowest BCUT2D eigenvalue weighted by Crippen LogP contribution is -2.18. The molecule has 0 saturated carbocycles. The Morgan fingerprint density at radius 1 is 1.37 bits per heavy atom. The molecule has 0 aliphatic carbocycles. The molecule has 2 rings (SSSR count). The number of rotatable bonds is 4. The first-order valence-corrected chi connectivity index (χ1v) is 6.63. The SMILES string of the molecule is CNC(=O)/C(=C/c1ccc2c(ccn2C)c1)SC=O. The standard InChI is InChI=1S/C14H14N2O2S/c1-15-14(18)13(19-9-17)8-10-3-4-12-11(7-10)5-6-16(12)2/h3-9H,1-2H3,(H,15,18)/b13-8-. The molecule has 19 heavy (non-hydrogen) atoms. The van der Waals surface area contributed by atoms with Gasteiger partial charge in [0.05, 0.1) is 4.91 Å². The summed E-state index contributed by atoms with van der Waals surface area (Å²) in [4.78, 5) is 22.6. The van der Waals surface area contributed by atoms with Crippen molar-refractivity contribution in [2.45, 2.75) is 0 Å². The lowest BCUT2D eigenvalue weighted by molar-refractivity contribution is -0.116. The molecule has 0 radical (unpaired) electrons. The number of nitrogens with zero attached hydrogens (tertiary/aromatic N) is 1. The van der Waals surface area contributed by atoms with E-state index in [1.807, 2.05) is 42.1 Å². The number of aromatic nitrogens is 1. The van der Waals surface area contributed by atoms with Crippen LogP contribution in [0.2, 0.25) is 0 Å². The van der Waals surface area contributed by atoms with Crippen molar-refractivity contribution in [3.05, 3.63) is 40.9 Å². The lowest BCUT2D eigenvalue weighted by Gasteiger charge is -2.02. The van der Waals surface area contributed by atoms with Crippen LogP contribution in [0.3, 0.4) is 0 Å². The Balaban J connectivity index is 2.41. The van der Waals surface area contributed by atoms with E-state index >= 15 is 0 Å². The van der Waals surface area contributed by atoms with Gasteiger partial charge < -0.3 is 9.88 Å². The van der Waals surface area contributed by atoms with Crippen molar-refractivity contribution in [3.8, 4) is 0 Å². The second kappa shape index (κ2) is 5.75. The van der Waals surface area contributed by atoms with Crippen molar-refractivity contribution in [1.29, 1.82) is 0 Å². The number of fused-ring (bicyclic) bond motifs is 1. The van der Waals surface area contributed by atoms with E-state index < -0.39 is 0 Å². The average molecular weight is 274 g/mol. The fraction of sp³-hybridized carbons (Fsp3) is 0.143. The molecule has 0 aliphatic heterocycles. The summed E-state index contributed by atoms with van der Waals surface area (Å²) in [6.07, 6.45) is 3.70. The topological polar surface area (TPSA) is 51.1 Å². The van der Waals surface area contributed by atoms with Crippen molar-refractivity contribution in [2.24, 2.45) is 7.05 Å². The molecular weight excluding hydrogens is 260 g/mol. The maximum Gasteiger partial charge on any atom is 0.257 e. The van der Waals surface area contributed by atoms with E-state index in [4.69, 9.17) is 0 Å². The molecule has 1 heterocycles. The Hall–Kier alpha value is -2.01. The zero-order chi connectivity index (χ0) is 13.8. The minimum absolute atomic E-state index is 0.259. The lowest BCUT2D eigenvalue weighted by atomic mass is 10.1. The first kappa shape index (κ1) is 13.4. The van der Waals surface area contributed by atoms with Crippen molar-refractivity contribution in [3.63, 3.8) is 0 Å². The summed E-state index contributed by atoms with van der Waals surface area (Å²) in [5.74, 6) is -0.259. The van der Waals surface area contributed by atoms with Crippen LogP contribution in [0, 0.1) is 0 Å². The molecule has 0 fully saturated rings. The maximum atomic E-state index is 11.6. The molecule has 0 atom stereocenters. The average Bonchev–Trinajstić information content (AvgIpc) is 2.78. The number of hydrogen-bond acceptors (Lipinski definition) is 3. The van der Waals surface area contributed by atoms with Crippen LogP contribution >= 0.6 is 11.8 Å². The Morgan fingerprint density at radius 2 is 2.16 bits per heavy atom. The van der Waals surface area contributed by atoms with E-state index in [2.05, 4.69) is 5.32 Å². The fourth-order valence-electron chi connectivity index (χ4n) is 1.87. The molecule has 0 saturated heterocycles. The van der Waals surface area contributed by atoms with Crippen molar-refractivity contribution >= 4 is 40.3 Å². The van der Waals surface area contributed by atoms with Gasteiger partial charge in [0.1, 0.15) is 0 Å². The number of aryl methyl sites for hydroxylation is 1. The summed E-state index contributed by atoms with van der Waals surface area (Å²) in [6, 6.07) is 7.92. The largest absolute Gasteiger partial charge is 0.355 e. The summed E-state index contributed by atoms with van der Waals surface area (Å²) in [5.41, 5.74) is 2.68. The van der Waals surface area contributed by atoms with Gasteiger partial charge in [-0.25, -0.2) is 0 Å². The molecular formula is C14H14N2O2S. The molecule has 0 aliphatic rings. The normalized spacial score (nSPS) is 11.6. The second-order valence-corrected chi connectivity index (χ2v) is 4.91. The molecule has 5 heteroatoms. The van der Waals surface area contributed by atoms with Gasteiger partial charge in [0, 0.05) is 31.2 Å². The Labute approximate surface area is 115 Å². The zero-order valence-corrected chi connectivity index (χ0v) is 11.5. The number of thioether (sulfide) groups is 1. The van der Waals surface area contributed by atoms with E-state index in [9.17, 15) is 9.59 Å². The smallest absolute Gasteiger partial charge is 0.257 e. The maximum absolute atomic E-state index is 11.6. The Morgan fingerprint density at radius 3 is 2.84 bits per heavy atom. The van der Waals surface area contributed by atoms with E-state index in [-0.39, 0.29) is 5.91 Å². The molecule has 1 aromatic carbocycles. The van der Waals surface area contributed by atoms with Crippen LogP contribution in [0.1, 0.15) is 5.56 Å². The highest BCUT2D eigenvalue weighted by Gasteiger charge is 2.08. The molecule has 0 unspecified atom stereocenters. The minimum atomic E-state index is -0.259. The number of hydrogen-bond donors (Lipinski definition) is 1. The van der Waals surface area contributed by atoms with Crippen molar-refractivity contribution < 1.29 is 9.59 Å². The summed E-state index contributed by atoms with van der Waals surface area (Å²) < 4.78 is 2.03. The molecule has 4 nitrogen and oxygen atoms in total. The predicted octanol–water partition coefficient (Wildman–Crippen LogP) is 2.19. The van der Waals surface area contributed by atoms with Crippen LogP contribution in [0.5, 0.6) is 0 Å². The van der Waals surface area contributed by atoms with Gasteiger partial charge in [-0.15, -0.1) is 0 Å². The van der Waals surface area contributed by atoms with Gasteiger partial charge in [0.25, 0.3) is 5.91 Å². The summed E-state index contributed by atoms with van der Waals surface area (Å²) in [7, 11) is 3.53. The first-order chi connectivity index (χ1) is 9.15. The number of carbonyl (C=O) groups is 2. The van der Waals surface area contributed by atoms with Crippen LogP contribution in [0.15, 0.2) is 35.4 Å². The molecule has 0 bridgehead atoms. The summed E-state index contributed by atoms with van der Waals surface area (Å²) in [6.45, 7) is 0.